The average Bonchev–Trinajstić information content (AvgIpc) is 2.87. The molecular weight excluding hydrogens is 527 g/mol. The van der Waals surface area contributed by atoms with E-state index in [1.165, 1.54) is 16.7 Å². The average molecular weight is 579 g/mol. The van der Waals surface area contributed by atoms with Gasteiger partial charge in [-0.1, -0.05) is 119 Å². The molecule has 0 unspecified atom stereocenters. The molecular formula is C36H51O4P. The molecule has 0 radical (unpaired) electrons. The Hall–Kier alpha value is -2.71. The third-order valence-electron chi connectivity index (χ3n) is 7.41. The molecule has 0 saturated heterocycles. The molecule has 0 heterocycles. The van der Waals surface area contributed by atoms with Crippen molar-refractivity contribution in [1.82, 2.24) is 0 Å². The van der Waals surface area contributed by atoms with Crippen LogP contribution in [0.4, 0.5) is 0 Å². The van der Waals surface area contributed by atoms with Crippen molar-refractivity contribution in [2.75, 3.05) is 0 Å². The highest BCUT2D eigenvalue weighted by Gasteiger charge is 2.38. The Bertz CT molecular complexity index is 1230. The maximum atomic E-state index is 15.0. The highest BCUT2D eigenvalue weighted by molar-refractivity contribution is 7.49. The van der Waals surface area contributed by atoms with Gasteiger partial charge in [0.2, 0.25) is 0 Å². The van der Waals surface area contributed by atoms with E-state index in [1.54, 1.807) is 0 Å². The number of rotatable bonds is 9. The number of benzene rings is 3. The predicted octanol–water partition coefficient (Wildman–Crippen LogP) is 10.9. The van der Waals surface area contributed by atoms with E-state index >= 15 is 0 Å². The molecule has 3 aromatic rings. The third kappa shape index (κ3) is 8.19. The summed E-state index contributed by atoms with van der Waals surface area (Å²) in [5, 5.41) is 0. The Labute approximate surface area is 249 Å². The van der Waals surface area contributed by atoms with Crippen LogP contribution in [0.3, 0.4) is 0 Å². The number of aryl methyl sites for hydroxylation is 3. The van der Waals surface area contributed by atoms with Crippen LogP contribution in [0.2, 0.25) is 0 Å². The van der Waals surface area contributed by atoms with Gasteiger partial charge in [-0.3, -0.25) is 0 Å². The topological polar surface area (TPSA) is 44.8 Å². The summed E-state index contributed by atoms with van der Waals surface area (Å²) in [7, 11) is -4.25. The lowest BCUT2D eigenvalue weighted by Gasteiger charge is -2.30. The van der Waals surface area contributed by atoms with E-state index in [1.807, 2.05) is 36.4 Å². The van der Waals surface area contributed by atoms with Gasteiger partial charge in [-0.2, -0.15) is 4.57 Å². The largest absolute Gasteiger partial charge is 0.647 e. The molecule has 0 aromatic heterocycles. The van der Waals surface area contributed by atoms with Crippen molar-refractivity contribution in [1.29, 1.82) is 0 Å². The summed E-state index contributed by atoms with van der Waals surface area (Å²) >= 11 is 0. The molecule has 224 valence electrons. The molecule has 0 spiro atoms. The molecule has 0 aliphatic heterocycles. The Morgan fingerprint density at radius 1 is 0.488 bits per heavy atom. The number of phosphoric acid groups is 1. The first-order valence-electron chi connectivity index (χ1n) is 15.0. The fourth-order valence-electron chi connectivity index (χ4n) is 4.81. The molecule has 41 heavy (non-hydrogen) atoms. The van der Waals surface area contributed by atoms with Crippen LogP contribution in [0.5, 0.6) is 17.2 Å². The first kappa shape index (κ1) is 32.8. The van der Waals surface area contributed by atoms with Crippen LogP contribution in [0.1, 0.15) is 116 Å². The van der Waals surface area contributed by atoms with E-state index in [9.17, 15) is 4.57 Å². The molecule has 0 N–H and O–H groups in total. The monoisotopic (exact) mass is 578 g/mol. The maximum absolute atomic E-state index is 15.0. The van der Waals surface area contributed by atoms with Crippen molar-refractivity contribution < 1.29 is 18.1 Å². The Kier molecular flexibility index (Phi) is 9.81. The lowest BCUT2D eigenvalue weighted by Crippen LogP contribution is -2.19. The zero-order chi connectivity index (χ0) is 30.8. The SMILES string of the molecule is CCc1ccc(OP(=O)(Oc2ccc(CC)cc2C(C)(C)C)Oc2ccc(CC)cc2C(C)(C)C)c(C(C)(C)C)c1. The van der Waals surface area contributed by atoms with Crippen LogP contribution < -0.4 is 13.6 Å². The van der Waals surface area contributed by atoms with Gasteiger partial charge in [0, 0.05) is 16.7 Å². The lowest BCUT2D eigenvalue weighted by molar-refractivity contribution is 0.290. The second-order valence-electron chi connectivity index (χ2n) is 14.0. The summed E-state index contributed by atoms with van der Waals surface area (Å²) in [5.41, 5.74) is 5.70. The van der Waals surface area contributed by atoms with Crippen LogP contribution in [0.25, 0.3) is 0 Å². The fourth-order valence-corrected chi connectivity index (χ4v) is 6.12. The van der Waals surface area contributed by atoms with Crippen LogP contribution >= 0.6 is 7.82 Å². The number of phosphoric ester groups is 1. The van der Waals surface area contributed by atoms with E-state index in [0.717, 1.165) is 36.0 Å². The molecule has 0 saturated carbocycles. The van der Waals surface area contributed by atoms with Crippen molar-refractivity contribution in [2.24, 2.45) is 0 Å². The quantitative estimate of drug-likeness (QED) is 0.237. The van der Waals surface area contributed by atoms with Crippen molar-refractivity contribution in [3.8, 4) is 17.2 Å². The summed E-state index contributed by atoms with van der Waals surface area (Å²) in [6.07, 6.45) is 2.68. The van der Waals surface area contributed by atoms with Crippen molar-refractivity contribution in [3.05, 3.63) is 88.0 Å². The van der Waals surface area contributed by atoms with E-state index in [-0.39, 0.29) is 16.2 Å². The molecule has 0 aliphatic carbocycles. The zero-order valence-electron chi connectivity index (χ0n) is 27.4. The minimum absolute atomic E-state index is 0.246. The molecule has 0 aliphatic rings. The van der Waals surface area contributed by atoms with E-state index in [0.29, 0.717) is 17.2 Å². The normalized spacial score (nSPS) is 12.8. The maximum Gasteiger partial charge on any atom is 0.647 e. The van der Waals surface area contributed by atoms with Gasteiger partial charge in [-0.25, -0.2) is 0 Å². The van der Waals surface area contributed by atoms with Crippen LogP contribution in [-0.4, -0.2) is 0 Å². The molecule has 0 bridgehead atoms. The Morgan fingerprint density at radius 2 is 0.732 bits per heavy atom. The molecule has 0 atom stereocenters. The van der Waals surface area contributed by atoms with Gasteiger partial charge in [0.15, 0.2) is 0 Å². The predicted molar refractivity (Wildman–Crippen MR) is 173 cm³/mol. The molecule has 3 rings (SSSR count). The van der Waals surface area contributed by atoms with Gasteiger partial charge in [0.25, 0.3) is 0 Å². The molecule has 3 aromatic carbocycles. The third-order valence-corrected chi connectivity index (χ3v) is 8.67. The summed E-state index contributed by atoms with van der Waals surface area (Å²) in [6, 6.07) is 18.1. The molecule has 0 fully saturated rings. The fraction of sp³-hybridized carbons (Fsp3) is 0.500. The summed E-state index contributed by atoms with van der Waals surface area (Å²) in [6.45, 7) is 25.5. The Morgan fingerprint density at radius 3 is 0.927 bits per heavy atom. The molecule has 5 heteroatoms. The second-order valence-corrected chi connectivity index (χ2v) is 15.5. The van der Waals surface area contributed by atoms with Gasteiger partial charge < -0.3 is 13.6 Å². The first-order chi connectivity index (χ1) is 18.9. The van der Waals surface area contributed by atoms with E-state index in [2.05, 4.69) is 101 Å². The minimum atomic E-state index is -4.25. The van der Waals surface area contributed by atoms with Crippen LogP contribution in [0, 0.1) is 0 Å². The number of hydrogen-bond acceptors (Lipinski definition) is 4. The van der Waals surface area contributed by atoms with Gasteiger partial charge >= 0.3 is 7.82 Å². The van der Waals surface area contributed by atoms with E-state index < -0.39 is 7.82 Å². The van der Waals surface area contributed by atoms with Crippen LogP contribution in [0.15, 0.2) is 54.6 Å². The molecule has 0 amide bonds. The molecule has 4 nitrogen and oxygen atoms in total. The highest BCUT2D eigenvalue weighted by atomic mass is 31.2. The van der Waals surface area contributed by atoms with Crippen molar-refractivity contribution in [3.63, 3.8) is 0 Å². The summed E-state index contributed by atoms with van der Waals surface area (Å²) in [5.74, 6) is 1.51. The van der Waals surface area contributed by atoms with E-state index in [4.69, 9.17) is 13.6 Å². The van der Waals surface area contributed by atoms with Gasteiger partial charge in [0.1, 0.15) is 17.2 Å². The second kappa shape index (κ2) is 12.3. The summed E-state index contributed by atoms with van der Waals surface area (Å²) < 4.78 is 34.2. The minimum Gasteiger partial charge on any atom is -0.386 e. The Balaban J connectivity index is 2.23. The lowest BCUT2D eigenvalue weighted by atomic mass is 9.85. The summed E-state index contributed by atoms with van der Waals surface area (Å²) in [4.78, 5) is 0. The number of hydrogen-bond donors (Lipinski definition) is 0. The van der Waals surface area contributed by atoms with Crippen molar-refractivity contribution in [2.45, 2.75) is 119 Å². The zero-order valence-corrected chi connectivity index (χ0v) is 28.3. The standard InChI is InChI=1S/C36H51O4P/c1-13-25-16-19-31(28(22-25)34(4,5)6)38-41(37,39-32-20-17-26(14-2)23-29(32)35(7,8)9)40-33-21-18-27(15-3)24-30(33)36(10,11)12/h16-24H,13-15H2,1-12H3. The van der Waals surface area contributed by atoms with Crippen LogP contribution in [-0.2, 0) is 40.1 Å². The van der Waals surface area contributed by atoms with Crippen molar-refractivity contribution >= 4 is 7.82 Å². The van der Waals surface area contributed by atoms with Gasteiger partial charge in [-0.05, 0) is 70.4 Å². The first-order valence-corrected chi connectivity index (χ1v) is 16.4. The van der Waals surface area contributed by atoms with Gasteiger partial charge in [0.05, 0.1) is 0 Å². The smallest absolute Gasteiger partial charge is 0.386 e. The van der Waals surface area contributed by atoms with Gasteiger partial charge in [-0.15, -0.1) is 0 Å². The highest BCUT2D eigenvalue weighted by Crippen LogP contribution is 2.54.